The van der Waals surface area contributed by atoms with Crippen LogP contribution < -0.4 is 9.80 Å². The number of nitrogens with zero attached hydrogens (tertiary/aromatic N) is 5. The number of hydrogen-bond donors (Lipinski definition) is 0. The van der Waals surface area contributed by atoms with Gasteiger partial charge in [-0.2, -0.15) is 0 Å². The molecule has 1 aliphatic rings. The maximum Gasteiger partial charge on any atom is 0.311 e. The summed E-state index contributed by atoms with van der Waals surface area (Å²) in [4.78, 5) is 37.9. The molecule has 5 rings (SSSR count). The van der Waals surface area contributed by atoms with Gasteiger partial charge in [0.25, 0.3) is 0 Å². The Bertz CT molecular complexity index is 1630. The minimum Gasteiger partial charge on any atom is -0.469 e. The summed E-state index contributed by atoms with van der Waals surface area (Å²) in [5, 5.41) is 6.34. The third-order valence-electron chi connectivity index (χ3n) is 7.12. The molecule has 9 nitrogen and oxygen atoms in total. The van der Waals surface area contributed by atoms with Crippen LogP contribution in [0.15, 0.2) is 57.4 Å². The van der Waals surface area contributed by atoms with Gasteiger partial charge in [0.05, 0.1) is 31.0 Å². The molecule has 1 saturated heterocycles. The summed E-state index contributed by atoms with van der Waals surface area (Å²) in [7, 11) is 2.93. The zero-order valence-corrected chi connectivity index (χ0v) is 24.4. The molecule has 1 amide bonds. The van der Waals surface area contributed by atoms with Gasteiger partial charge in [-0.3, -0.25) is 19.5 Å². The number of aliphatic imine (C=N–C) groups is 1. The van der Waals surface area contributed by atoms with Gasteiger partial charge in [0, 0.05) is 41.9 Å². The van der Waals surface area contributed by atoms with Gasteiger partial charge >= 0.3 is 5.97 Å². The summed E-state index contributed by atoms with van der Waals surface area (Å²) < 4.78 is 38.2. The van der Waals surface area contributed by atoms with Crippen molar-refractivity contribution in [1.82, 2.24) is 10.1 Å². The number of aryl methyl sites for hydroxylation is 2. The van der Waals surface area contributed by atoms with Crippen molar-refractivity contribution in [2.24, 2.45) is 4.99 Å². The van der Waals surface area contributed by atoms with Gasteiger partial charge in [-0.25, -0.2) is 13.8 Å². The first-order chi connectivity index (χ1) is 20.2. The number of halogens is 2. The van der Waals surface area contributed by atoms with Crippen LogP contribution in [0.5, 0.6) is 0 Å². The van der Waals surface area contributed by atoms with Gasteiger partial charge in [-0.1, -0.05) is 17.3 Å². The molecular formula is C30H29F2N5O4S. The number of benzene rings is 2. The zero-order valence-electron chi connectivity index (χ0n) is 23.6. The normalized spacial score (nSPS) is 15.7. The summed E-state index contributed by atoms with van der Waals surface area (Å²) in [6.07, 6.45) is 1.38. The Hall–Kier alpha value is -4.45. The molecule has 0 N–H and O–H groups in total. The predicted octanol–water partition coefficient (Wildman–Crippen LogP) is 6.16. The average molecular weight is 594 g/mol. The van der Waals surface area contributed by atoms with Gasteiger partial charge < -0.3 is 14.2 Å². The molecular weight excluding hydrogens is 564 g/mol. The summed E-state index contributed by atoms with van der Waals surface area (Å²) in [6, 6.07) is 10.5. The van der Waals surface area contributed by atoms with Crippen molar-refractivity contribution < 1.29 is 27.6 Å². The Morgan fingerprint density at radius 2 is 1.95 bits per heavy atom. The Morgan fingerprint density at radius 3 is 2.60 bits per heavy atom. The topological polar surface area (TPSA) is 101 Å². The van der Waals surface area contributed by atoms with Crippen molar-refractivity contribution in [3.63, 3.8) is 0 Å². The molecule has 0 saturated carbocycles. The fourth-order valence-electron chi connectivity index (χ4n) is 5.18. The quantitative estimate of drug-likeness (QED) is 0.144. The highest BCUT2D eigenvalue weighted by atomic mass is 32.1. The number of carbonyl (C=O) groups excluding carboxylic acids is 2. The Kier molecular flexibility index (Phi) is 8.44. The van der Waals surface area contributed by atoms with Gasteiger partial charge in [-0.05, 0) is 56.5 Å². The number of anilines is 3. The monoisotopic (exact) mass is 593 g/mol. The van der Waals surface area contributed by atoms with Crippen molar-refractivity contribution >= 4 is 45.6 Å². The van der Waals surface area contributed by atoms with E-state index in [1.54, 1.807) is 12.4 Å². The van der Waals surface area contributed by atoms with Gasteiger partial charge in [-0.15, -0.1) is 11.3 Å². The summed E-state index contributed by atoms with van der Waals surface area (Å²) in [5.74, 6) is -1.50. The van der Waals surface area contributed by atoms with Crippen LogP contribution in [0.1, 0.15) is 36.4 Å². The number of hydrogen-bond acceptors (Lipinski definition) is 8. The highest BCUT2D eigenvalue weighted by molar-refractivity contribution is 7.14. The van der Waals surface area contributed by atoms with E-state index >= 15 is 0 Å². The van der Waals surface area contributed by atoms with Gasteiger partial charge in [0.15, 0.2) is 16.8 Å². The molecule has 4 aromatic rings. The van der Waals surface area contributed by atoms with E-state index in [4.69, 9.17) is 14.2 Å². The van der Waals surface area contributed by atoms with Crippen molar-refractivity contribution in [1.29, 1.82) is 0 Å². The third-order valence-corrected chi connectivity index (χ3v) is 7.99. The molecule has 3 heterocycles. The minimum absolute atomic E-state index is 0.00663. The largest absolute Gasteiger partial charge is 0.469 e. The average Bonchev–Trinajstić information content (AvgIpc) is 3.58. The number of piperidine rings is 1. The van der Waals surface area contributed by atoms with E-state index < -0.39 is 23.6 Å². The van der Waals surface area contributed by atoms with Crippen molar-refractivity contribution in [2.45, 2.75) is 45.6 Å². The second kappa shape index (κ2) is 12.2. The van der Waals surface area contributed by atoms with E-state index in [0.29, 0.717) is 41.0 Å². The molecule has 2 aromatic carbocycles. The summed E-state index contributed by atoms with van der Waals surface area (Å²) in [5.41, 5.74) is 4.04. The lowest BCUT2D eigenvalue weighted by Gasteiger charge is -2.39. The highest BCUT2D eigenvalue weighted by Crippen LogP contribution is 2.36. The molecule has 1 atom stereocenters. The smallest absolute Gasteiger partial charge is 0.311 e. The van der Waals surface area contributed by atoms with E-state index in [-0.39, 0.29) is 24.4 Å². The zero-order chi connectivity index (χ0) is 30.0. The Labute approximate surface area is 245 Å². The summed E-state index contributed by atoms with van der Waals surface area (Å²) in [6.45, 7) is 3.72. The molecule has 0 radical (unpaired) electrons. The van der Waals surface area contributed by atoms with Crippen LogP contribution in [-0.4, -0.2) is 48.1 Å². The SMILES string of the molecule is C/N=C(/C1CCCC(=O)N1c1ccc(F)c(F)c1)N(c1ccc(-c2c(C)noc2C)cc1)c1nc(CC(=O)OC)cs1. The molecule has 0 bridgehead atoms. The number of ether oxygens (including phenoxy) is 1. The molecule has 0 aliphatic carbocycles. The molecule has 0 spiro atoms. The molecule has 42 heavy (non-hydrogen) atoms. The van der Waals surface area contributed by atoms with Crippen molar-refractivity contribution in [2.75, 3.05) is 24.0 Å². The van der Waals surface area contributed by atoms with Crippen LogP contribution >= 0.6 is 11.3 Å². The van der Waals surface area contributed by atoms with E-state index in [0.717, 1.165) is 29.0 Å². The second-order valence-electron chi connectivity index (χ2n) is 9.81. The molecule has 1 unspecified atom stereocenters. The van der Waals surface area contributed by atoms with E-state index in [1.807, 2.05) is 43.0 Å². The fraction of sp³-hybridized carbons (Fsp3) is 0.300. The number of amides is 1. The third kappa shape index (κ3) is 5.67. The van der Waals surface area contributed by atoms with E-state index in [9.17, 15) is 18.4 Å². The van der Waals surface area contributed by atoms with Crippen LogP contribution in [0.2, 0.25) is 0 Å². The number of thiazole rings is 1. The van der Waals surface area contributed by atoms with Gasteiger partial charge in [0.2, 0.25) is 5.91 Å². The number of rotatable bonds is 7. The standard InChI is InChI=1S/C30H29F2N5O4S/c1-17-28(18(2)41-35-17)19-8-10-21(11-9-19)37(30-34-20(16-42-30)14-27(39)40-4)29(33-3)25-6-5-7-26(38)36(25)22-12-13-23(31)24(32)15-22/h8-13,15-16,25H,5-7,14H2,1-4H3/b33-29-. The first-order valence-electron chi connectivity index (χ1n) is 13.3. The van der Waals surface area contributed by atoms with Crippen LogP contribution in [0.25, 0.3) is 11.1 Å². The van der Waals surface area contributed by atoms with Crippen LogP contribution in [0, 0.1) is 25.5 Å². The predicted molar refractivity (Wildman–Crippen MR) is 156 cm³/mol. The van der Waals surface area contributed by atoms with Crippen LogP contribution in [0.3, 0.4) is 0 Å². The number of esters is 1. The molecule has 12 heteroatoms. The van der Waals surface area contributed by atoms with Crippen LogP contribution in [0.4, 0.5) is 25.3 Å². The molecule has 1 fully saturated rings. The number of amidine groups is 1. The first kappa shape index (κ1) is 29.1. The molecule has 1 aliphatic heterocycles. The van der Waals surface area contributed by atoms with Crippen molar-refractivity contribution in [3.05, 3.63) is 76.6 Å². The van der Waals surface area contributed by atoms with Crippen molar-refractivity contribution in [3.8, 4) is 11.1 Å². The van der Waals surface area contributed by atoms with Crippen LogP contribution in [-0.2, 0) is 20.7 Å². The van der Waals surface area contributed by atoms with Gasteiger partial charge in [0.1, 0.15) is 11.6 Å². The number of methoxy groups -OCH3 is 1. The molecule has 218 valence electrons. The second-order valence-corrected chi connectivity index (χ2v) is 10.6. The lowest BCUT2D eigenvalue weighted by molar-refractivity contribution is -0.139. The Balaban J connectivity index is 1.60. The molecule has 2 aromatic heterocycles. The van der Waals surface area contributed by atoms with E-state index in [1.165, 1.54) is 29.4 Å². The maximum absolute atomic E-state index is 14.3. The Morgan fingerprint density at radius 1 is 1.19 bits per heavy atom. The number of aromatic nitrogens is 2. The maximum atomic E-state index is 14.3. The summed E-state index contributed by atoms with van der Waals surface area (Å²) >= 11 is 1.31. The lowest BCUT2D eigenvalue weighted by atomic mass is 9.98. The number of carbonyl (C=O) groups is 2. The first-order valence-corrected chi connectivity index (χ1v) is 14.2. The highest BCUT2D eigenvalue weighted by Gasteiger charge is 2.37. The minimum atomic E-state index is -1.04. The lowest BCUT2D eigenvalue weighted by Crippen LogP contribution is -2.52. The fourth-order valence-corrected chi connectivity index (χ4v) is 6.04. The van der Waals surface area contributed by atoms with E-state index in [2.05, 4.69) is 10.1 Å².